The second-order valence-corrected chi connectivity index (χ2v) is 4.58. The van der Waals surface area contributed by atoms with Crippen LogP contribution in [0.15, 0.2) is 18.2 Å². The third-order valence-corrected chi connectivity index (χ3v) is 3.27. The van der Waals surface area contributed by atoms with Crippen LogP contribution in [0.25, 0.3) is 0 Å². The van der Waals surface area contributed by atoms with E-state index in [2.05, 4.69) is 0 Å². The molecule has 0 amide bonds. The van der Waals surface area contributed by atoms with E-state index in [1.54, 1.807) is 12.1 Å². The van der Waals surface area contributed by atoms with Gasteiger partial charge in [-0.25, -0.2) is 0 Å². The Hall–Kier alpha value is -1.17. The van der Waals surface area contributed by atoms with Crippen LogP contribution in [0.2, 0.25) is 5.02 Å². The van der Waals surface area contributed by atoms with Gasteiger partial charge in [0.25, 0.3) is 5.69 Å². The number of aliphatic hydroxyl groups is 1. The largest absolute Gasteiger partial charge is 0.392 e. The molecule has 1 aliphatic rings. The van der Waals surface area contributed by atoms with Gasteiger partial charge in [0, 0.05) is 25.7 Å². The molecule has 6 heteroatoms. The van der Waals surface area contributed by atoms with Gasteiger partial charge in [-0.2, -0.15) is 0 Å². The summed E-state index contributed by atoms with van der Waals surface area (Å²) in [6, 6.07) is 4.67. The Morgan fingerprint density at radius 1 is 1.59 bits per heavy atom. The molecule has 1 atom stereocenters. The third-order valence-electron chi connectivity index (χ3n) is 2.92. The van der Waals surface area contributed by atoms with Crippen molar-refractivity contribution >= 4 is 17.3 Å². The monoisotopic (exact) mass is 256 g/mol. The molecule has 0 bridgehead atoms. The summed E-state index contributed by atoms with van der Waals surface area (Å²) in [5, 5.41) is 20.7. The van der Waals surface area contributed by atoms with Gasteiger partial charge in [0.2, 0.25) is 0 Å². The average molecular weight is 257 g/mol. The summed E-state index contributed by atoms with van der Waals surface area (Å²) in [5.41, 5.74) is 0.562. The Balaban J connectivity index is 2.22. The maximum absolute atomic E-state index is 10.9. The van der Waals surface area contributed by atoms with Crippen molar-refractivity contribution in [3.05, 3.63) is 38.9 Å². The molecule has 0 spiro atoms. The quantitative estimate of drug-likeness (QED) is 0.662. The molecule has 1 aliphatic heterocycles. The zero-order chi connectivity index (χ0) is 12.4. The zero-order valence-corrected chi connectivity index (χ0v) is 9.93. The van der Waals surface area contributed by atoms with Crippen LogP contribution in [0.5, 0.6) is 0 Å². The predicted octanol–water partition coefficient (Wildman–Crippen LogP) is 1.81. The summed E-state index contributed by atoms with van der Waals surface area (Å²) in [6.45, 7) is 1.69. The molecule has 0 unspecified atom stereocenters. The highest BCUT2D eigenvalue weighted by Crippen LogP contribution is 2.28. The Morgan fingerprint density at radius 2 is 2.35 bits per heavy atom. The fourth-order valence-electron chi connectivity index (χ4n) is 2.05. The molecule has 92 valence electrons. The predicted molar refractivity (Wildman–Crippen MR) is 64.0 cm³/mol. The first kappa shape index (κ1) is 12.3. The molecule has 1 aromatic carbocycles. The third kappa shape index (κ3) is 2.74. The number of rotatable bonds is 3. The molecular weight excluding hydrogens is 244 g/mol. The zero-order valence-electron chi connectivity index (χ0n) is 9.17. The second kappa shape index (κ2) is 5.00. The van der Waals surface area contributed by atoms with Gasteiger partial charge in [0.15, 0.2) is 0 Å². The van der Waals surface area contributed by atoms with Crippen LogP contribution in [0.1, 0.15) is 12.0 Å². The van der Waals surface area contributed by atoms with Gasteiger partial charge in [-0.1, -0.05) is 17.7 Å². The number of nitrogens with zero attached hydrogens (tertiary/aromatic N) is 2. The van der Waals surface area contributed by atoms with E-state index < -0.39 is 4.92 Å². The van der Waals surface area contributed by atoms with Crippen molar-refractivity contribution in [1.29, 1.82) is 0 Å². The molecule has 5 nitrogen and oxygen atoms in total. The normalized spacial score (nSPS) is 20.7. The number of halogens is 1. The Bertz CT molecular complexity index is 439. The first-order chi connectivity index (χ1) is 8.08. The maximum Gasteiger partial charge on any atom is 0.275 e. The number of benzene rings is 1. The van der Waals surface area contributed by atoms with Gasteiger partial charge >= 0.3 is 0 Å². The molecule has 0 saturated carbocycles. The van der Waals surface area contributed by atoms with E-state index in [1.807, 2.05) is 4.90 Å². The molecule has 17 heavy (non-hydrogen) atoms. The first-order valence-electron chi connectivity index (χ1n) is 5.40. The van der Waals surface area contributed by atoms with E-state index in [0.29, 0.717) is 30.1 Å². The van der Waals surface area contributed by atoms with Crippen LogP contribution >= 0.6 is 11.6 Å². The lowest BCUT2D eigenvalue weighted by Crippen LogP contribution is -2.22. The number of β-amino-alcohol motifs (C(OH)–C–C–N with tert-alkyl or cyclic N) is 1. The number of nitro groups is 1. The van der Waals surface area contributed by atoms with E-state index in [9.17, 15) is 15.2 Å². The van der Waals surface area contributed by atoms with Gasteiger partial charge in [-0.3, -0.25) is 15.0 Å². The molecule has 1 saturated heterocycles. The lowest BCUT2D eigenvalue weighted by atomic mass is 10.1. The summed E-state index contributed by atoms with van der Waals surface area (Å²) < 4.78 is 0. The van der Waals surface area contributed by atoms with Crippen molar-refractivity contribution in [3.63, 3.8) is 0 Å². The van der Waals surface area contributed by atoms with E-state index in [-0.39, 0.29) is 11.8 Å². The first-order valence-corrected chi connectivity index (χ1v) is 5.78. The fourth-order valence-corrected chi connectivity index (χ4v) is 2.28. The number of hydrogen-bond donors (Lipinski definition) is 1. The Kier molecular flexibility index (Phi) is 3.61. The minimum atomic E-state index is -0.423. The standard InChI is InChI=1S/C11H13ClN2O3/c12-10-2-1-3-11(14(16)17)9(10)7-13-5-4-8(15)6-13/h1-3,8,15H,4-7H2/t8-/m0/s1. The van der Waals surface area contributed by atoms with Crippen molar-refractivity contribution in [2.75, 3.05) is 13.1 Å². The van der Waals surface area contributed by atoms with Crippen LogP contribution in [0.4, 0.5) is 5.69 Å². The van der Waals surface area contributed by atoms with Crippen molar-refractivity contribution in [3.8, 4) is 0 Å². The Labute approximate surface area is 104 Å². The molecule has 0 radical (unpaired) electrons. The van der Waals surface area contributed by atoms with Gasteiger partial charge in [0.1, 0.15) is 0 Å². The van der Waals surface area contributed by atoms with Gasteiger partial charge in [-0.15, -0.1) is 0 Å². The van der Waals surface area contributed by atoms with Crippen LogP contribution in [-0.4, -0.2) is 34.1 Å². The molecule has 1 fully saturated rings. The van der Waals surface area contributed by atoms with Gasteiger partial charge < -0.3 is 5.11 Å². The SMILES string of the molecule is O=[N+]([O-])c1cccc(Cl)c1CN1CC[C@H](O)C1. The van der Waals surface area contributed by atoms with Crippen molar-refractivity contribution in [1.82, 2.24) is 4.90 Å². The summed E-state index contributed by atoms with van der Waals surface area (Å²) in [5.74, 6) is 0. The number of aliphatic hydroxyl groups excluding tert-OH is 1. The molecule has 0 aliphatic carbocycles. The highest BCUT2D eigenvalue weighted by atomic mass is 35.5. The Morgan fingerprint density at radius 3 is 2.94 bits per heavy atom. The molecule has 2 rings (SSSR count). The van der Waals surface area contributed by atoms with Gasteiger partial charge in [-0.05, 0) is 12.5 Å². The summed E-state index contributed by atoms with van der Waals surface area (Å²) in [7, 11) is 0. The summed E-state index contributed by atoms with van der Waals surface area (Å²) in [4.78, 5) is 12.4. The highest BCUT2D eigenvalue weighted by molar-refractivity contribution is 6.31. The van der Waals surface area contributed by atoms with Crippen molar-refractivity contribution < 1.29 is 10.0 Å². The lowest BCUT2D eigenvalue weighted by molar-refractivity contribution is -0.385. The maximum atomic E-state index is 10.9. The van der Waals surface area contributed by atoms with E-state index in [4.69, 9.17) is 11.6 Å². The molecule has 1 aromatic rings. The fraction of sp³-hybridized carbons (Fsp3) is 0.455. The van der Waals surface area contributed by atoms with Crippen LogP contribution in [-0.2, 0) is 6.54 Å². The topological polar surface area (TPSA) is 66.6 Å². The highest BCUT2D eigenvalue weighted by Gasteiger charge is 2.24. The minimum Gasteiger partial charge on any atom is -0.392 e. The molecule has 1 N–H and O–H groups in total. The van der Waals surface area contributed by atoms with Gasteiger partial charge in [0.05, 0.1) is 21.6 Å². The number of likely N-dealkylation sites (tertiary alicyclic amines) is 1. The minimum absolute atomic E-state index is 0.0406. The smallest absolute Gasteiger partial charge is 0.275 e. The summed E-state index contributed by atoms with van der Waals surface area (Å²) >= 11 is 5.99. The van der Waals surface area contributed by atoms with Crippen molar-refractivity contribution in [2.45, 2.75) is 19.1 Å². The van der Waals surface area contributed by atoms with E-state index in [0.717, 1.165) is 6.54 Å². The van der Waals surface area contributed by atoms with Crippen molar-refractivity contribution in [2.24, 2.45) is 0 Å². The lowest BCUT2D eigenvalue weighted by Gasteiger charge is -2.15. The van der Waals surface area contributed by atoms with E-state index >= 15 is 0 Å². The summed E-state index contributed by atoms with van der Waals surface area (Å²) in [6.07, 6.45) is 0.370. The van der Waals surface area contributed by atoms with Crippen LogP contribution < -0.4 is 0 Å². The number of hydrogen-bond acceptors (Lipinski definition) is 4. The van der Waals surface area contributed by atoms with Crippen LogP contribution in [0.3, 0.4) is 0 Å². The molecule has 0 aromatic heterocycles. The van der Waals surface area contributed by atoms with Crippen LogP contribution in [0, 0.1) is 10.1 Å². The average Bonchev–Trinajstić information content (AvgIpc) is 2.67. The second-order valence-electron chi connectivity index (χ2n) is 4.17. The number of nitro benzene ring substituents is 1. The molecule has 1 heterocycles. The van der Waals surface area contributed by atoms with E-state index in [1.165, 1.54) is 6.07 Å². The molecular formula is C11H13ClN2O3.